The van der Waals surface area contributed by atoms with Gasteiger partial charge in [0.25, 0.3) is 11.1 Å². The second kappa shape index (κ2) is 8.77. The van der Waals surface area contributed by atoms with Crippen LogP contribution >= 0.6 is 23.4 Å². The number of rotatable bonds is 6. The van der Waals surface area contributed by atoms with Crippen molar-refractivity contribution in [2.24, 2.45) is 0 Å². The summed E-state index contributed by atoms with van der Waals surface area (Å²) in [5.74, 6) is -0.836. The number of aromatic amines is 1. The molecule has 2 aromatic carbocycles. The van der Waals surface area contributed by atoms with Gasteiger partial charge in [0.05, 0.1) is 4.91 Å². The van der Waals surface area contributed by atoms with E-state index in [0.29, 0.717) is 18.0 Å². The molecular weight excluding hydrogens is 422 g/mol. The number of amides is 3. The second-order valence-electron chi connectivity index (χ2n) is 6.78. The maximum atomic E-state index is 12.5. The molecule has 0 bridgehead atoms. The zero-order chi connectivity index (χ0) is 21.1. The van der Waals surface area contributed by atoms with Crippen molar-refractivity contribution in [2.45, 2.75) is 6.42 Å². The summed E-state index contributed by atoms with van der Waals surface area (Å²) in [5.41, 5.74) is 2.90. The molecule has 4 rings (SSSR count). The van der Waals surface area contributed by atoms with Gasteiger partial charge in [-0.25, -0.2) is 0 Å². The van der Waals surface area contributed by atoms with Crippen molar-refractivity contribution in [2.75, 3.05) is 13.1 Å². The van der Waals surface area contributed by atoms with Gasteiger partial charge in [-0.1, -0.05) is 41.9 Å². The van der Waals surface area contributed by atoms with Gasteiger partial charge in [-0.3, -0.25) is 19.3 Å². The van der Waals surface area contributed by atoms with Crippen LogP contribution in [0, 0.1) is 0 Å². The molecule has 8 heteroatoms. The van der Waals surface area contributed by atoms with Gasteiger partial charge >= 0.3 is 0 Å². The summed E-state index contributed by atoms with van der Waals surface area (Å²) in [5, 5.41) is 4.03. The van der Waals surface area contributed by atoms with Gasteiger partial charge in [0.2, 0.25) is 5.91 Å². The number of fused-ring (bicyclic) bond motifs is 1. The third-order valence-electron chi connectivity index (χ3n) is 4.73. The van der Waals surface area contributed by atoms with Gasteiger partial charge in [-0.05, 0) is 53.6 Å². The van der Waals surface area contributed by atoms with E-state index in [4.69, 9.17) is 11.6 Å². The predicted molar refractivity (Wildman–Crippen MR) is 119 cm³/mol. The third kappa shape index (κ3) is 4.42. The van der Waals surface area contributed by atoms with E-state index in [0.717, 1.165) is 38.7 Å². The van der Waals surface area contributed by atoms with Gasteiger partial charge < -0.3 is 10.3 Å². The van der Waals surface area contributed by atoms with Gasteiger partial charge in [0, 0.05) is 28.7 Å². The molecule has 6 nitrogen and oxygen atoms in total. The van der Waals surface area contributed by atoms with Crippen molar-refractivity contribution < 1.29 is 14.4 Å². The normalized spacial score (nSPS) is 15.4. The molecule has 152 valence electrons. The van der Waals surface area contributed by atoms with Crippen LogP contribution in [0.4, 0.5) is 4.79 Å². The lowest BCUT2D eigenvalue weighted by atomic mass is 10.1. The van der Waals surface area contributed by atoms with Crippen LogP contribution in [-0.2, 0) is 16.0 Å². The largest absolute Gasteiger partial charge is 0.361 e. The van der Waals surface area contributed by atoms with E-state index in [1.807, 2.05) is 30.5 Å². The molecule has 3 amide bonds. The number of halogens is 1. The van der Waals surface area contributed by atoms with E-state index in [-0.39, 0.29) is 17.4 Å². The first-order valence-electron chi connectivity index (χ1n) is 9.34. The van der Waals surface area contributed by atoms with Crippen molar-refractivity contribution in [3.05, 3.63) is 75.8 Å². The predicted octanol–water partition coefficient (Wildman–Crippen LogP) is 4.22. The van der Waals surface area contributed by atoms with Gasteiger partial charge in [-0.15, -0.1) is 0 Å². The van der Waals surface area contributed by atoms with Crippen molar-refractivity contribution in [3.63, 3.8) is 0 Å². The van der Waals surface area contributed by atoms with E-state index in [2.05, 4.69) is 10.3 Å². The van der Waals surface area contributed by atoms with Crippen LogP contribution in [0.25, 0.3) is 17.0 Å². The average Bonchev–Trinajstić information content (AvgIpc) is 3.26. The molecular formula is C22H18ClN3O3S. The van der Waals surface area contributed by atoms with E-state index in [1.54, 1.807) is 30.3 Å². The molecule has 2 N–H and O–H groups in total. The fourth-order valence-corrected chi connectivity index (χ4v) is 4.19. The number of nitrogens with zero attached hydrogens (tertiary/aromatic N) is 1. The molecule has 3 aromatic rings. The highest BCUT2D eigenvalue weighted by molar-refractivity contribution is 8.18. The van der Waals surface area contributed by atoms with Crippen LogP contribution in [0.5, 0.6) is 0 Å². The van der Waals surface area contributed by atoms with Gasteiger partial charge in [0.1, 0.15) is 6.54 Å². The molecule has 0 radical (unpaired) electrons. The molecule has 1 aliphatic heterocycles. The average molecular weight is 440 g/mol. The number of nitrogens with one attached hydrogen (secondary N) is 2. The molecule has 0 saturated carbocycles. The molecule has 0 spiro atoms. The Balaban J connectivity index is 1.33. The molecule has 1 aliphatic rings. The fourth-order valence-electron chi connectivity index (χ4n) is 3.22. The van der Waals surface area contributed by atoms with Crippen molar-refractivity contribution in [1.29, 1.82) is 0 Å². The first-order chi connectivity index (χ1) is 14.5. The summed E-state index contributed by atoms with van der Waals surface area (Å²) in [6.45, 7) is 0.119. The number of carbonyl (C=O) groups excluding carboxylic acids is 3. The van der Waals surface area contributed by atoms with Crippen LogP contribution in [0.15, 0.2) is 59.6 Å². The number of H-pyrrole nitrogens is 1. The maximum absolute atomic E-state index is 12.5. The van der Waals surface area contributed by atoms with Crippen LogP contribution in [0.3, 0.4) is 0 Å². The number of benzene rings is 2. The minimum atomic E-state index is -0.466. The topological polar surface area (TPSA) is 82.3 Å². The van der Waals surface area contributed by atoms with Crippen LogP contribution in [-0.4, -0.2) is 40.0 Å². The van der Waals surface area contributed by atoms with E-state index >= 15 is 0 Å². The summed E-state index contributed by atoms with van der Waals surface area (Å²) < 4.78 is 0. The second-order valence-corrected chi connectivity index (χ2v) is 8.21. The first kappa shape index (κ1) is 20.3. The summed E-state index contributed by atoms with van der Waals surface area (Å²) >= 11 is 6.69. The van der Waals surface area contributed by atoms with Gasteiger partial charge in [0.15, 0.2) is 0 Å². The zero-order valence-corrected chi connectivity index (χ0v) is 17.4. The third-order valence-corrected chi connectivity index (χ3v) is 5.89. The standard InChI is InChI=1S/C22H18ClN3O3S/c23-16-7-5-14(6-8-16)11-19-21(28)26(22(29)30-19)13-20(27)24-10-9-15-12-25-18-4-2-1-3-17(15)18/h1-8,11-12,25H,9-10,13H2,(H,24,27)/b19-11-. The molecule has 1 saturated heterocycles. The van der Waals surface area contributed by atoms with Gasteiger partial charge in [-0.2, -0.15) is 0 Å². The molecule has 1 aromatic heterocycles. The smallest absolute Gasteiger partial charge is 0.294 e. The Morgan fingerprint density at radius 2 is 1.90 bits per heavy atom. The minimum Gasteiger partial charge on any atom is -0.361 e. The Labute approximate surface area is 182 Å². The van der Waals surface area contributed by atoms with Crippen LogP contribution in [0.1, 0.15) is 11.1 Å². The Kier molecular flexibility index (Phi) is 5.92. The number of imide groups is 1. The van der Waals surface area contributed by atoms with Crippen molar-refractivity contribution >= 4 is 57.4 Å². The molecule has 0 aliphatic carbocycles. The highest BCUT2D eigenvalue weighted by Crippen LogP contribution is 2.32. The van der Waals surface area contributed by atoms with E-state index in [1.165, 1.54) is 0 Å². The number of aromatic nitrogens is 1. The number of thioether (sulfide) groups is 1. The highest BCUT2D eigenvalue weighted by Gasteiger charge is 2.36. The number of hydrogen-bond acceptors (Lipinski definition) is 4. The Hall–Kier alpha value is -3.03. The highest BCUT2D eigenvalue weighted by atomic mass is 35.5. The van der Waals surface area contributed by atoms with E-state index in [9.17, 15) is 14.4 Å². The first-order valence-corrected chi connectivity index (χ1v) is 10.5. The Morgan fingerprint density at radius 3 is 2.70 bits per heavy atom. The lowest BCUT2D eigenvalue weighted by Gasteiger charge is -2.12. The Morgan fingerprint density at radius 1 is 1.13 bits per heavy atom. The molecule has 0 unspecified atom stereocenters. The van der Waals surface area contributed by atoms with E-state index < -0.39 is 11.1 Å². The molecule has 30 heavy (non-hydrogen) atoms. The van der Waals surface area contributed by atoms with Crippen molar-refractivity contribution in [1.82, 2.24) is 15.2 Å². The number of carbonyl (C=O) groups is 3. The maximum Gasteiger partial charge on any atom is 0.294 e. The zero-order valence-electron chi connectivity index (χ0n) is 15.9. The molecule has 0 atom stereocenters. The summed E-state index contributed by atoms with van der Waals surface area (Å²) in [6, 6.07) is 14.9. The number of para-hydroxylation sites is 1. The summed E-state index contributed by atoms with van der Waals surface area (Å²) in [7, 11) is 0. The quantitative estimate of drug-likeness (QED) is 0.563. The lowest BCUT2D eigenvalue weighted by molar-refractivity contribution is -0.129. The van der Waals surface area contributed by atoms with Crippen molar-refractivity contribution in [3.8, 4) is 0 Å². The minimum absolute atomic E-state index is 0.286. The SMILES string of the molecule is O=C(CN1C(=O)S/C(=C\c2ccc(Cl)cc2)C1=O)NCCc1c[nH]c2ccccc12. The van der Waals surface area contributed by atoms with Crippen LogP contribution < -0.4 is 5.32 Å². The molecule has 1 fully saturated rings. The fraction of sp³-hybridized carbons (Fsp3) is 0.136. The lowest BCUT2D eigenvalue weighted by Crippen LogP contribution is -2.40. The monoisotopic (exact) mass is 439 g/mol. The summed E-state index contributed by atoms with van der Waals surface area (Å²) in [6.07, 6.45) is 4.19. The Bertz CT molecular complexity index is 1150. The van der Waals surface area contributed by atoms with Crippen LogP contribution in [0.2, 0.25) is 5.02 Å². The summed E-state index contributed by atoms with van der Waals surface area (Å²) in [4.78, 5) is 41.5. The number of hydrogen-bond donors (Lipinski definition) is 2. The molecule has 2 heterocycles.